The molecule has 0 heterocycles. The maximum absolute atomic E-state index is 12.7. The van der Waals surface area contributed by atoms with E-state index >= 15 is 0 Å². The molecule has 2 aromatic carbocycles. The lowest BCUT2D eigenvalue weighted by Crippen LogP contribution is -2.26. The minimum Gasteiger partial charge on any atom is -0.496 e. The summed E-state index contributed by atoms with van der Waals surface area (Å²) in [5, 5.41) is 0. The molecular weight excluding hydrogens is 322 g/mol. The maximum Gasteiger partial charge on any atom is 0.257 e. The summed E-state index contributed by atoms with van der Waals surface area (Å²) < 4.78 is 21.3. The van der Waals surface area contributed by atoms with E-state index in [1.807, 2.05) is 24.3 Å². The van der Waals surface area contributed by atoms with Crippen molar-refractivity contribution in [1.82, 2.24) is 4.90 Å². The first-order chi connectivity index (χ1) is 12.0. The molecule has 0 bridgehead atoms. The Bertz CT molecular complexity index is 719. The molecule has 0 saturated heterocycles. The quantitative estimate of drug-likeness (QED) is 0.772. The predicted molar refractivity (Wildman–Crippen MR) is 94.9 cm³/mol. The molecule has 25 heavy (non-hydrogen) atoms. The average molecular weight is 345 g/mol. The van der Waals surface area contributed by atoms with Crippen LogP contribution in [0.2, 0.25) is 0 Å². The number of nitrogens with zero attached hydrogens (tertiary/aromatic N) is 1. The molecule has 0 aromatic heterocycles. The summed E-state index contributed by atoms with van der Waals surface area (Å²) in [5.74, 6) is 2.04. The number of carbonyl (C=O) groups excluding carboxylic acids is 1. The molecular formula is C19H23NO5. The van der Waals surface area contributed by atoms with Crippen LogP contribution in [0, 0.1) is 0 Å². The van der Waals surface area contributed by atoms with Gasteiger partial charge in [-0.1, -0.05) is 12.1 Å². The number of hydrogen-bond donors (Lipinski definition) is 0. The third-order valence-corrected chi connectivity index (χ3v) is 3.83. The third kappa shape index (κ3) is 3.96. The van der Waals surface area contributed by atoms with E-state index < -0.39 is 0 Å². The number of rotatable bonds is 7. The van der Waals surface area contributed by atoms with Gasteiger partial charge in [-0.05, 0) is 29.8 Å². The van der Waals surface area contributed by atoms with Crippen molar-refractivity contribution in [3.63, 3.8) is 0 Å². The van der Waals surface area contributed by atoms with Crippen molar-refractivity contribution in [3.05, 3.63) is 47.5 Å². The summed E-state index contributed by atoms with van der Waals surface area (Å²) in [5.41, 5.74) is 1.38. The largest absolute Gasteiger partial charge is 0.496 e. The van der Waals surface area contributed by atoms with E-state index in [1.54, 1.807) is 52.5 Å². The molecule has 0 atom stereocenters. The first kappa shape index (κ1) is 18.4. The molecule has 0 radical (unpaired) electrons. The van der Waals surface area contributed by atoms with Gasteiger partial charge in [0.1, 0.15) is 5.75 Å². The molecule has 2 aromatic rings. The highest BCUT2D eigenvalue weighted by Gasteiger charge is 2.19. The van der Waals surface area contributed by atoms with E-state index in [1.165, 1.54) is 0 Å². The van der Waals surface area contributed by atoms with Crippen molar-refractivity contribution in [2.75, 3.05) is 35.5 Å². The van der Waals surface area contributed by atoms with Gasteiger partial charge in [0.15, 0.2) is 11.5 Å². The molecule has 134 valence electrons. The third-order valence-electron chi connectivity index (χ3n) is 3.83. The standard InChI is InChI=1S/C19H23NO5/c1-20(19(21)14-8-6-7-9-15(14)22-2)12-13-10-16(23-3)18(25-5)17(11-13)24-4/h6-11H,12H2,1-5H3. The molecule has 6 heteroatoms. The lowest BCUT2D eigenvalue weighted by Gasteiger charge is -2.20. The van der Waals surface area contributed by atoms with Crippen LogP contribution in [0.3, 0.4) is 0 Å². The maximum atomic E-state index is 12.7. The van der Waals surface area contributed by atoms with Gasteiger partial charge in [-0.3, -0.25) is 4.79 Å². The van der Waals surface area contributed by atoms with Crippen LogP contribution in [0.5, 0.6) is 23.0 Å². The van der Waals surface area contributed by atoms with E-state index in [0.29, 0.717) is 35.1 Å². The van der Waals surface area contributed by atoms with Crippen LogP contribution in [0.25, 0.3) is 0 Å². The summed E-state index contributed by atoms with van der Waals surface area (Å²) in [4.78, 5) is 14.3. The van der Waals surface area contributed by atoms with Crippen LogP contribution in [0.4, 0.5) is 0 Å². The highest BCUT2D eigenvalue weighted by molar-refractivity contribution is 5.96. The van der Waals surface area contributed by atoms with Gasteiger partial charge in [-0.15, -0.1) is 0 Å². The molecule has 2 rings (SSSR count). The van der Waals surface area contributed by atoms with Crippen molar-refractivity contribution in [2.24, 2.45) is 0 Å². The topological polar surface area (TPSA) is 57.2 Å². The Hall–Kier alpha value is -2.89. The van der Waals surface area contributed by atoms with Gasteiger partial charge in [-0.25, -0.2) is 0 Å². The summed E-state index contributed by atoms with van der Waals surface area (Å²) in [7, 11) is 7.95. The predicted octanol–water partition coefficient (Wildman–Crippen LogP) is 2.99. The normalized spacial score (nSPS) is 10.1. The van der Waals surface area contributed by atoms with Crippen LogP contribution in [-0.4, -0.2) is 46.3 Å². The summed E-state index contributed by atoms with van der Waals surface area (Å²) >= 11 is 0. The Morgan fingerprint density at radius 1 is 0.880 bits per heavy atom. The second-order valence-electron chi connectivity index (χ2n) is 5.40. The number of methoxy groups -OCH3 is 4. The highest BCUT2D eigenvalue weighted by atomic mass is 16.5. The van der Waals surface area contributed by atoms with Gasteiger partial charge in [0.2, 0.25) is 5.75 Å². The van der Waals surface area contributed by atoms with E-state index in [2.05, 4.69) is 0 Å². The Morgan fingerprint density at radius 3 is 1.96 bits per heavy atom. The van der Waals surface area contributed by atoms with E-state index in [4.69, 9.17) is 18.9 Å². The van der Waals surface area contributed by atoms with Gasteiger partial charge in [0.05, 0.1) is 34.0 Å². The number of para-hydroxylation sites is 1. The summed E-state index contributed by atoms with van der Waals surface area (Å²) in [6, 6.07) is 10.8. The van der Waals surface area contributed by atoms with Crippen LogP contribution in [0.1, 0.15) is 15.9 Å². The number of hydrogen-bond acceptors (Lipinski definition) is 5. The minimum atomic E-state index is -0.133. The van der Waals surface area contributed by atoms with Gasteiger partial charge < -0.3 is 23.8 Å². The van der Waals surface area contributed by atoms with Gasteiger partial charge in [0.25, 0.3) is 5.91 Å². The fourth-order valence-corrected chi connectivity index (χ4v) is 2.60. The smallest absolute Gasteiger partial charge is 0.257 e. The molecule has 0 spiro atoms. The average Bonchev–Trinajstić information content (AvgIpc) is 2.66. The summed E-state index contributed by atoms with van der Waals surface area (Å²) in [6.07, 6.45) is 0. The molecule has 0 aliphatic carbocycles. The van der Waals surface area contributed by atoms with Crippen LogP contribution >= 0.6 is 0 Å². The zero-order valence-electron chi connectivity index (χ0n) is 15.2. The van der Waals surface area contributed by atoms with Crippen LogP contribution in [-0.2, 0) is 6.54 Å². The van der Waals surface area contributed by atoms with Crippen molar-refractivity contribution >= 4 is 5.91 Å². The molecule has 0 N–H and O–H groups in total. The lowest BCUT2D eigenvalue weighted by atomic mass is 10.1. The Morgan fingerprint density at radius 2 is 1.44 bits per heavy atom. The molecule has 0 aliphatic rings. The molecule has 0 saturated carbocycles. The van der Waals surface area contributed by atoms with Crippen molar-refractivity contribution < 1.29 is 23.7 Å². The number of carbonyl (C=O) groups is 1. The molecule has 0 unspecified atom stereocenters. The van der Waals surface area contributed by atoms with Gasteiger partial charge >= 0.3 is 0 Å². The van der Waals surface area contributed by atoms with Crippen molar-refractivity contribution in [1.29, 1.82) is 0 Å². The number of benzene rings is 2. The Balaban J connectivity index is 2.28. The van der Waals surface area contributed by atoms with Gasteiger partial charge in [-0.2, -0.15) is 0 Å². The Labute approximate surface area is 147 Å². The SMILES string of the molecule is COc1ccccc1C(=O)N(C)Cc1cc(OC)c(OC)c(OC)c1. The summed E-state index contributed by atoms with van der Waals surface area (Å²) in [6.45, 7) is 0.383. The molecule has 0 aliphatic heterocycles. The Kier molecular flexibility index (Phi) is 6.11. The number of ether oxygens (including phenoxy) is 4. The highest BCUT2D eigenvalue weighted by Crippen LogP contribution is 2.38. The lowest BCUT2D eigenvalue weighted by molar-refractivity contribution is 0.0781. The van der Waals surface area contributed by atoms with E-state index in [9.17, 15) is 4.79 Å². The van der Waals surface area contributed by atoms with Crippen molar-refractivity contribution in [2.45, 2.75) is 6.54 Å². The fraction of sp³-hybridized carbons (Fsp3) is 0.316. The van der Waals surface area contributed by atoms with Gasteiger partial charge in [0, 0.05) is 13.6 Å². The first-order valence-corrected chi connectivity index (χ1v) is 7.73. The van der Waals surface area contributed by atoms with E-state index in [-0.39, 0.29) is 5.91 Å². The van der Waals surface area contributed by atoms with Crippen LogP contribution < -0.4 is 18.9 Å². The molecule has 0 fully saturated rings. The minimum absolute atomic E-state index is 0.133. The fourth-order valence-electron chi connectivity index (χ4n) is 2.60. The van der Waals surface area contributed by atoms with Crippen LogP contribution in [0.15, 0.2) is 36.4 Å². The number of amides is 1. The zero-order chi connectivity index (χ0) is 18.4. The molecule has 6 nitrogen and oxygen atoms in total. The first-order valence-electron chi connectivity index (χ1n) is 7.73. The van der Waals surface area contributed by atoms with Crippen molar-refractivity contribution in [3.8, 4) is 23.0 Å². The second kappa shape index (κ2) is 8.28. The zero-order valence-corrected chi connectivity index (χ0v) is 15.2. The second-order valence-corrected chi connectivity index (χ2v) is 5.40. The van der Waals surface area contributed by atoms with E-state index in [0.717, 1.165) is 5.56 Å². The molecule has 1 amide bonds. The monoisotopic (exact) mass is 345 g/mol.